The van der Waals surface area contributed by atoms with Crippen LogP contribution in [0, 0.1) is 16.7 Å². The lowest BCUT2D eigenvalue weighted by molar-refractivity contribution is -0.128. The number of carbonyl (C=O) groups excluding carboxylic acids is 5. The molecule has 344 valence electrons. The van der Waals surface area contributed by atoms with Crippen LogP contribution in [0.1, 0.15) is 123 Å². The van der Waals surface area contributed by atoms with Crippen molar-refractivity contribution >= 4 is 63.8 Å². The maximum atomic E-state index is 14.0. The second-order valence-electron chi connectivity index (χ2n) is 20.0. The van der Waals surface area contributed by atoms with Gasteiger partial charge >= 0.3 is 12.0 Å². The van der Waals surface area contributed by atoms with Crippen LogP contribution in [0.2, 0.25) is 0 Å². The van der Waals surface area contributed by atoms with E-state index in [1.54, 1.807) is 11.0 Å². The number of carbonyl (C=O) groups is 6. The number of urea groups is 1. The smallest absolute Gasteiger partial charge is 0.335 e. The molecule has 0 spiro atoms. The predicted octanol–water partition coefficient (Wildman–Crippen LogP) is 9.10. The number of hydrogen-bond acceptors (Lipinski definition) is 8. The molecule has 7 rings (SSSR count). The lowest BCUT2D eigenvalue weighted by Gasteiger charge is -2.37. The Morgan fingerprint density at radius 3 is 1.53 bits per heavy atom. The highest BCUT2D eigenvalue weighted by Crippen LogP contribution is 2.40. The van der Waals surface area contributed by atoms with Crippen molar-refractivity contribution in [2.75, 3.05) is 51.1 Å². The highest BCUT2D eigenvalue weighted by Gasteiger charge is 2.40. The summed E-state index contributed by atoms with van der Waals surface area (Å²) >= 11 is 0. The maximum Gasteiger partial charge on any atom is 0.335 e. The monoisotopic (exact) mass is 877 g/mol. The Balaban J connectivity index is 0.000000228. The molecule has 2 fully saturated rings. The van der Waals surface area contributed by atoms with Gasteiger partial charge in [-0.05, 0) is 68.1 Å². The molecular weight excluding hydrogens is 809 g/mol. The van der Waals surface area contributed by atoms with Gasteiger partial charge in [0.25, 0.3) is 5.91 Å². The first-order valence-corrected chi connectivity index (χ1v) is 23.1. The average molecular weight is 877 g/mol. The maximum absolute atomic E-state index is 14.0. The average Bonchev–Trinajstić information content (AvgIpc) is 3.44. The quantitative estimate of drug-likeness (QED) is 0.191. The van der Waals surface area contributed by atoms with Gasteiger partial charge in [-0.1, -0.05) is 117 Å². The van der Waals surface area contributed by atoms with Gasteiger partial charge < -0.3 is 35.3 Å². The molecule has 64 heavy (non-hydrogen) atoms. The van der Waals surface area contributed by atoms with Gasteiger partial charge in [-0.3, -0.25) is 19.2 Å². The third kappa shape index (κ3) is 11.5. The standard InChI is InChI=1S/C29H36N4O5.C22H32N2O2/c1-29(2,3)25(34)18-33-24-15-8-7-14-23(24)32(21-12-5-4-6-13-21)17-22(26(33)35)31-28(38)30-20-11-9-10-19(16-20)27(36)37;1-16-14-23(17-10-6-5-7-11-17)18-12-8-9-13-19(18)24(21(16)26)15-20(25)22(2,3)4/h7-11,14-16,21-22H,4-6,12-13,17-18H2,1-3H3,(H,36,37)(H2,30,31,38);8-9,12-13,16-17H,5-7,10-11,14-15H2,1-4H3/t22-;16-/m11/s1. The predicted molar refractivity (Wildman–Crippen MR) is 253 cm³/mol. The largest absolute Gasteiger partial charge is 0.478 e. The summed E-state index contributed by atoms with van der Waals surface area (Å²) in [6.07, 6.45) is 11.6. The van der Waals surface area contributed by atoms with Gasteiger partial charge in [0.2, 0.25) is 5.91 Å². The van der Waals surface area contributed by atoms with E-state index in [4.69, 9.17) is 0 Å². The van der Waals surface area contributed by atoms with Crippen LogP contribution >= 0.6 is 0 Å². The topological polar surface area (TPSA) is 160 Å². The summed E-state index contributed by atoms with van der Waals surface area (Å²) in [6.45, 7) is 14.3. The fourth-order valence-electron chi connectivity index (χ4n) is 9.13. The van der Waals surface area contributed by atoms with Crippen molar-refractivity contribution < 1.29 is 33.9 Å². The van der Waals surface area contributed by atoms with Crippen molar-refractivity contribution in [3.05, 3.63) is 78.4 Å². The number of nitrogens with zero attached hydrogens (tertiary/aromatic N) is 4. The molecule has 3 N–H and O–H groups in total. The second-order valence-corrected chi connectivity index (χ2v) is 20.0. The second kappa shape index (κ2) is 20.4. The molecule has 2 saturated carbocycles. The molecule has 2 heterocycles. The van der Waals surface area contributed by atoms with E-state index in [0.29, 0.717) is 17.4 Å². The lowest BCUT2D eigenvalue weighted by atomic mass is 9.90. The van der Waals surface area contributed by atoms with E-state index in [0.717, 1.165) is 49.3 Å². The number of rotatable bonds is 9. The van der Waals surface area contributed by atoms with E-state index in [1.165, 1.54) is 61.6 Å². The molecule has 4 aliphatic rings. The van der Waals surface area contributed by atoms with Gasteiger partial charge in [-0.25, -0.2) is 9.59 Å². The highest BCUT2D eigenvalue weighted by molar-refractivity contribution is 6.08. The van der Waals surface area contributed by atoms with E-state index >= 15 is 0 Å². The van der Waals surface area contributed by atoms with Crippen molar-refractivity contribution in [3.8, 4) is 0 Å². The normalized spacial score (nSPS) is 19.9. The Morgan fingerprint density at radius 2 is 1.06 bits per heavy atom. The lowest BCUT2D eigenvalue weighted by Crippen LogP contribution is -2.55. The molecule has 13 heteroatoms. The van der Waals surface area contributed by atoms with Crippen LogP contribution in [0.15, 0.2) is 72.8 Å². The van der Waals surface area contributed by atoms with Gasteiger partial charge in [0.05, 0.1) is 47.3 Å². The third-order valence-corrected chi connectivity index (χ3v) is 13.0. The summed E-state index contributed by atoms with van der Waals surface area (Å²) in [6, 6.07) is 20.8. The van der Waals surface area contributed by atoms with Crippen molar-refractivity contribution in [2.45, 2.75) is 131 Å². The zero-order chi connectivity index (χ0) is 46.3. The van der Waals surface area contributed by atoms with Crippen LogP contribution in [0.25, 0.3) is 0 Å². The Morgan fingerprint density at radius 1 is 0.609 bits per heavy atom. The molecule has 2 atom stereocenters. The Bertz CT molecular complexity index is 2180. The van der Waals surface area contributed by atoms with Crippen LogP contribution < -0.4 is 30.2 Å². The van der Waals surface area contributed by atoms with E-state index in [1.807, 2.05) is 90.9 Å². The fraction of sp³-hybridized carbons (Fsp3) is 0.529. The number of amides is 4. The zero-order valence-corrected chi connectivity index (χ0v) is 38.8. The summed E-state index contributed by atoms with van der Waals surface area (Å²) in [4.78, 5) is 85.1. The number of anilines is 5. The van der Waals surface area contributed by atoms with Crippen molar-refractivity contribution in [1.29, 1.82) is 0 Å². The number of aromatic carboxylic acids is 1. The molecule has 0 bridgehead atoms. The van der Waals surface area contributed by atoms with Crippen molar-refractivity contribution in [1.82, 2.24) is 5.32 Å². The molecule has 0 saturated heterocycles. The van der Waals surface area contributed by atoms with E-state index in [-0.39, 0.29) is 60.5 Å². The number of ketones is 2. The summed E-state index contributed by atoms with van der Waals surface area (Å²) in [5.74, 6) is -1.50. The number of benzene rings is 3. The van der Waals surface area contributed by atoms with Crippen molar-refractivity contribution in [3.63, 3.8) is 0 Å². The minimum Gasteiger partial charge on any atom is -0.478 e. The molecule has 3 aromatic carbocycles. The van der Waals surface area contributed by atoms with Crippen LogP contribution in [-0.2, 0) is 19.2 Å². The molecule has 0 aromatic heterocycles. The number of para-hydroxylation sites is 4. The zero-order valence-electron chi connectivity index (χ0n) is 38.8. The number of carboxylic acids is 1. The fourth-order valence-corrected chi connectivity index (χ4v) is 9.13. The molecular formula is C51H68N6O7. The number of fused-ring (bicyclic) bond motifs is 2. The molecule has 0 unspecified atom stereocenters. The molecule has 3 aromatic rings. The minimum atomic E-state index is -1.10. The Hall–Kier alpha value is -5.72. The van der Waals surface area contributed by atoms with Gasteiger partial charge in [-0.2, -0.15) is 0 Å². The first kappa shape index (κ1) is 47.8. The Kier molecular flexibility index (Phi) is 15.2. The van der Waals surface area contributed by atoms with Gasteiger partial charge in [0, 0.05) is 41.7 Å². The minimum absolute atomic E-state index is 0.0409. The van der Waals surface area contributed by atoms with Crippen LogP contribution in [0.5, 0.6) is 0 Å². The molecule has 2 aliphatic carbocycles. The van der Waals surface area contributed by atoms with Crippen LogP contribution in [0.3, 0.4) is 0 Å². The van der Waals surface area contributed by atoms with E-state index < -0.39 is 28.9 Å². The SMILES string of the molecule is CC(C)(C)C(=O)CN1C(=O)[C@H](NC(=O)Nc2cccc(C(=O)O)c2)CN(C2CCCCC2)c2ccccc21.C[C@@H]1CN(C2CCCCC2)c2ccccc2N(CC(=O)C(C)(C)C)C1=O. The van der Waals surface area contributed by atoms with Gasteiger partial charge in [0.15, 0.2) is 11.6 Å². The van der Waals surface area contributed by atoms with Crippen LogP contribution in [0.4, 0.5) is 33.2 Å². The molecule has 4 amide bonds. The van der Waals surface area contributed by atoms with Gasteiger partial charge in [-0.15, -0.1) is 0 Å². The molecule has 0 radical (unpaired) electrons. The first-order valence-electron chi connectivity index (χ1n) is 23.1. The summed E-state index contributed by atoms with van der Waals surface area (Å²) < 4.78 is 0. The third-order valence-electron chi connectivity index (χ3n) is 13.0. The number of nitrogens with one attached hydrogen (secondary N) is 2. The van der Waals surface area contributed by atoms with Crippen LogP contribution in [-0.4, -0.2) is 84.8 Å². The van der Waals surface area contributed by atoms with E-state index in [2.05, 4.69) is 26.5 Å². The molecule has 13 nitrogen and oxygen atoms in total. The Labute approximate surface area is 378 Å². The summed E-state index contributed by atoms with van der Waals surface area (Å²) in [5.41, 5.74) is 2.81. The molecule has 2 aliphatic heterocycles. The summed E-state index contributed by atoms with van der Waals surface area (Å²) in [5, 5.41) is 14.7. The number of Topliss-reactive ketones (excluding diaryl/α,β-unsaturated/α-hetero) is 2. The van der Waals surface area contributed by atoms with E-state index in [9.17, 15) is 33.9 Å². The first-order chi connectivity index (χ1) is 30.3. The highest BCUT2D eigenvalue weighted by atomic mass is 16.4. The van der Waals surface area contributed by atoms with Gasteiger partial charge in [0.1, 0.15) is 6.04 Å². The number of carboxylic acid groups (broad SMARTS) is 1. The number of hydrogen-bond donors (Lipinski definition) is 3. The summed E-state index contributed by atoms with van der Waals surface area (Å²) in [7, 11) is 0. The van der Waals surface area contributed by atoms with Crippen molar-refractivity contribution in [2.24, 2.45) is 16.7 Å².